The molecule has 2 aliphatic rings. The van der Waals surface area contributed by atoms with Gasteiger partial charge in [0.15, 0.2) is 6.04 Å². The summed E-state index contributed by atoms with van der Waals surface area (Å²) in [4.78, 5) is 26.6. The predicted molar refractivity (Wildman–Crippen MR) is 96.5 cm³/mol. The summed E-state index contributed by atoms with van der Waals surface area (Å²) < 4.78 is 5.43. The third-order valence-corrected chi connectivity index (χ3v) is 5.24. The lowest BCUT2D eigenvalue weighted by Gasteiger charge is -2.21. The first-order chi connectivity index (χ1) is 12.2. The van der Waals surface area contributed by atoms with Gasteiger partial charge in [0.2, 0.25) is 5.91 Å². The number of amides is 2. The highest BCUT2D eigenvalue weighted by Gasteiger charge is 2.43. The molecule has 0 bridgehead atoms. The Kier molecular flexibility index (Phi) is 6.08. The van der Waals surface area contributed by atoms with Gasteiger partial charge in [-0.2, -0.15) is 0 Å². The summed E-state index contributed by atoms with van der Waals surface area (Å²) in [6, 6.07) is 7.42. The van der Waals surface area contributed by atoms with Gasteiger partial charge in [0.1, 0.15) is 5.75 Å². The number of hydrogen-bond acceptors (Lipinski definition) is 3. The monoisotopic (exact) mass is 345 g/mol. The maximum absolute atomic E-state index is 12.8. The van der Waals surface area contributed by atoms with E-state index in [9.17, 15) is 9.59 Å². The molecule has 5 heteroatoms. The van der Waals surface area contributed by atoms with E-state index in [4.69, 9.17) is 4.74 Å². The summed E-state index contributed by atoms with van der Waals surface area (Å²) in [6.07, 6.45) is 9.00. The molecular formula is C20H29N2O3+. The van der Waals surface area contributed by atoms with E-state index in [0.29, 0.717) is 24.8 Å². The number of rotatable bonds is 5. The fourth-order valence-corrected chi connectivity index (χ4v) is 3.94. The number of benzene rings is 1. The normalized spacial score (nSPS) is 22.8. The predicted octanol–water partition coefficient (Wildman–Crippen LogP) is 2.39. The molecule has 1 saturated heterocycles. The maximum Gasteiger partial charge on any atom is 0.292 e. The second-order valence-electron chi connectivity index (χ2n) is 7.10. The second kappa shape index (κ2) is 8.48. The molecule has 25 heavy (non-hydrogen) atoms. The first-order valence-electron chi connectivity index (χ1n) is 9.63. The number of carbonyl (C=O) groups excluding carboxylic acids is 2. The highest BCUT2D eigenvalue weighted by Crippen LogP contribution is 2.25. The number of ether oxygens (including phenoxy) is 1. The Hall–Kier alpha value is -1.88. The largest absolute Gasteiger partial charge is 0.494 e. The van der Waals surface area contributed by atoms with Crippen LogP contribution in [0, 0.1) is 0 Å². The molecule has 1 heterocycles. The molecule has 0 radical (unpaired) electrons. The molecule has 1 atom stereocenters. The van der Waals surface area contributed by atoms with E-state index < -0.39 is 0 Å². The minimum atomic E-state index is -0.261. The lowest BCUT2D eigenvalue weighted by molar-refractivity contribution is -0.709. The molecular weight excluding hydrogens is 316 g/mol. The molecule has 5 nitrogen and oxygen atoms in total. The number of carbonyl (C=O) groups is 2. The maximum atomic E-state index is 12.8. The van der Waals surface area contributed by atoms with Gasteiger partial charge in [0.05, 0.1) is 24.8 Å². The van der Waals surface area contributed by atoms with Crippen LogP contribution >= 0.6 is 0 Å². The van der Waals surface area contributed by atoms with Crippen molar-refractivity contribution in [3.63, 3.8) is 0 Å². The number of hydrogen-bond donors (Lipinski definition) is 1. The first kappa shape index (κ1) is 17.9. The molecule has 3 rings (SSSR count). The summed E-state index contributed by atoms with van der Waals surface area (Å²) in [7, 11) is 0. The summed E-state index contributed by atoms with van der Waals surface area (Å²) >= 11 is 0. The Morgan fingerprint density at radius 2 is 1.68 bits per heavy atom. The van der Waals surface area contributed by atoms with E-state index in [1.54, 1.807) is 12.1 Å². The van der Waals surface area contributed by atoms with Crippen molar-refractivity contribution in [3.8, 4) is 5.75 Å². The number of nitrogens with zero attached hydrogens (tertiary/aromatic N) is 1. The van der Waals surface area contributed by atoms with Gasteiger partial charge in [-0.05, 0) is 56.9 Å². The van der Waals surface area contributed by atoms with Crippen LogP contribution in [-0.4, -0.2) is 30.5 Å². The molecule has 2 N–H and O–H groups in total. The van der Waals surface area contributed by atoms with Crippen molar-refractivity contribution < 1.29 is 19.6 Å². The number of imide groups is 1. The van der Waals surface area contributed by atoms with Gasteiger partial charge in [-0.1, -0.05) is 19.3 Å². The average molecular weight is 345 g/mol. The van der Waals surface area contributed by atoms with E-state index >= 15 is 0 Å². The quantitative estimate of drug-likeness (QED) is 0.834. The van der Waals surface area contributed by atoms with Crippen molar-refractivity contribution in [2.45, 2.75) is 70.4 Å². The van der Waals surface area contributed by atoms with Crippen molar-refractivity contribution in [1.82, 2.24) is 0 Å². The van der Waals surface area contributed by atoms with Crippen LogP contribution in [0.3, 0.4) is 0 Å². The van der Waals surface area contributed by atoms with Gasteiger partial charge in [-0.15, -0.1) is 0 Å². The summed E-state index contributed by atoms with van der Waals surface area (Å²) in [5.41, 5.74) is 0.645. The summed E-state index contributed by atoms with van der Waals surface area (Å²) in [6.45, 7) is 2.52. The Balaban J connectivity index is 1.64. The second-order valence-corrected chi connectivity index (χ2v) is 7.10. The van der Waals surface area contributed by atoms with Crippen LogP contribution < -0.4 is 15.0 Å². The number of anilines is 1. The average Bonchev–Trinajstić information content (AvgIpc) is 2.85. The Morgan fingerprint density at radius 3 is 2.32 bits per heavy atom. The van der Waals surface area contributed by atoms with Crippen molar-refractivity contribution in [3.05, 3.63) is 24.3 Å². The van der Waals surface area contributed by atoms with Crippen molar-refractivity contribution >= 4 is 17.5 Å². The Morgan fingerprint density at radius 1 is 1.04 bits per heavy atom. The third kappa shape index (κ3) is 4.40. The fraction of sp³-hybridized carbons (Fsp3) is 0.600. The minimum Gasteiger partial charge on any atom is -0.494 e. The van der Waals surface area contributed by atoms with E-state index in [1.807, 2.05) is 19.1 Å². The summed E-state index contributed by atoms with van der Waals surface area (Å²) in [5.74, 6) is 0.584. The first-order valence-corrected chi connectivity index (χ1v) is 9.63. The highest BCUT2D eigenvalue weighted by molar-refractivity contribution is 6.21. The fourth-order valence-electron chi connectivity index (χ4n) is 3.94. The van der Waals surface area contributed by atoms with E-state index in [1.165, 1.54) is 37.0 Å². The molecule has 1 aliphatic carbocycles. The highest BCUT2D eigenvalue weighted by atomic mass is 16.5. The van der Waals surface area contributed by atoms with Crippen LogP contribution in [0.25, 0.3) is 0 Å². The van der Waals surface area contributed by atoms with Crippen molar-refractivity contribution in [1.29, 1.82) is 0 Å². The Bertz CT molecular complexity index is 591. The molecule has 1 aromatic rings. The van der Waals surface area contributed by atoms with Crippen LogP contribution in [0.5, 0.6) is 5.75 Å². The smallest absolute Gasteiger partial charge is 0.292 e. The topological polar surface area (TPSA) is 63.2 Å². The van der Waals surface area contributed by atoms with E-state index in [2.05, 4.69) is 5.32 Å². The van der Waals surface area contributed by atoms with Gasteiger partial charge in [-0.25, -0.2) is 4.90 Å². The summed E-state index contributed by atoms with van der Waals surface area (Å²) in [5, 5.41) is 2.17. The van der Waals surface area contributed by atoms with Crippen molar-refractivity contribution in [2.24, 2.45) is 0 Å². The third-order valence-electron chi connectivity index (χ3n) is 5.24. The van der Waals surface area contributed by atoms with Crippen LogP contribution in [-0.2, 0) is 9.59 Å². The van der Waals surface area contributed by atoms with Crippen LogP contribution in [0.15, 0.2) is 24.3 Å². The lowest BCUT2D eigenvalue weighted by atomic mass is 9.96. The standard InChI is InChI=1S/C20H28N2O3/c1-2-25-17-12-10-16(11-13-17)22-19(23)14-18(20(22)24)21-15-8-6-4-3-5-7-9-15/h10-13,15,18,21H,2-9,14H2,1H3/p+1/t18-/m0/s1. The van der Waals surface area contributed by atoms with E-state index in [-0.39, 0.29) is 17.9 Å². The molecule has 1 aromatic carbocycles. The molecule has 1 saturated carbocycles. The van der Waals surface area contributed by atoms with Crippen LogP contribution in [0.1, 0.15) is 58.3 Å². The molecule has 2 fully saturated rings. The molecule has 2 amide bonds. The van der Waals surface area contributed by atoms with E-state index in [0.717, 1.165) is 18.6 Å². The molecule has 1 aliphatic heterocycles. The number of nitrogens with two attached hydrogens (primary N) is 1. The van der Waals surface area contributed by atoms with Gasteiger partial charge >= 0.3 is 0 Å². The van der Waals surface area contributed by atoms with Gasteiger partial charge in [0, 0.05) is 0 Å². The number of quaternary nitrogens is 1. The van der Waals surface area contributed by atoms with Gasteiger partial charge in [-0.3, -0.25) is 9.59 Å². The van der Waals surface area contributed by atoms with Gasteiger partial charge < -0.3 is 10.1 Å². The molecule has 136 valence electrons. The van der Waals surface area contributed by atoms with Gasteiger partial charge in [0.25, 0.3) is 5.91 Å². The SMILES string of the molecule is CCOc1ccc(N2C(=O)C[C@H]([NH2+]C3CCCCCCC3)C2=O)cc1. The zero-order valence-corrected chi connectivity index (χ0v) is 15.1. The molecule has 0 unspecified atom stereocenters. The van der Waals surface area contributed by atoms with Crippen LogP contribution in [0.2, 0.25) is 0 Å². The zero-order chi connectivity index (χ0) is 17.6. The minimum absolute atomic E-state index is 0.0729. The molecule has 0 aromatic heterocycles. The Labute approximate surface area is 149 Å². The van der Waals surface area contributed by atoms with Crippen LogP contribution in [0.4, 0.5) is 5.69 Å². The van der Waals surface area contributed by atoms with Crippen molar-refractivity contribution in [2.75, 3.05) is 11.5 Å². The lowest BCUT2D eigenvalue weighted by Crippen LogP contribution is -2.96. The molecule has 0 spiro atoms. The zero-order valence-electron chi connectivity index (χ0n) is 15.1.